The van der Waals surface area contributed by atoms with Crippen molar-refractivity contribution in [2.75, 3.05) is 0 Å². The highest BCUT2D eigenvalue weighted by atomic mass is 32.3. The largest absolute Gasteiger partial charge is 0.332 e. The molecule has 1 fully saturated rings. The van der Waals surface area contributed by atoms with Crippen LogP contribution in [0.5, 0.6) is 0 Å². The van der Waals surface area contributed by atoms with Gasteiger partial charge in [0.1, 0.15) is 0 Å². The number of benzene rings is 1. The SMILES string of the molecule is CCC1CCCC(NS(=O)(=O)c2ccc(S(=O)(=O)F)cc2)C1. The summed E-state index contributed by atoms with van der Waals surface area (Å²) in [5.41, 5.74) is 0. The Hall–Kier alpha value is -0.990. The molecule has 2 unspecified atom stereocenters. The molecule has 0 spiro atoms. The van der Waals surface area contributed by atoms with E-state index in [2.05, 4.69) is 11.6 Å². The first-order valence-electron chi connectivity index (χ1n) is 7.29. The Balaban J connectivity index is 2.13. The zero-order chi connectivity index (χ0) is 16.4. The number of hydrogen-bond donors (Lipinski definition) is 1. The minimum Gasteiger partial charge on any atom is -0.208 e. The van der Waals surface area contributed by atoms with E-state index in [1.54, 1.807) is 0 Å². The minimum atomic E-state index is -4.82. The molecular weight excluding hydrogens is 329 g/mol. The standard InChI is InChI=1S/C14H20FNO4S2/c1-2-11-4-3-5-12(10-11)16-22(19,20)14-8-6-13(7-9-14)21(15,17)18/h6-9,11-12,16H,2-5,10H2,1H3. The number of nitrogens with one attached hydrogen (secondary N) is 1. The lowest BCUT2D eigenvalue weighted by Crippen LogP contribution is -2.38. The van der Waals surface area contributed by atoms with Crippen molar-refractivity contribution in [2.24, 2.45) is 5.92 Å². The van der Waals surface area contributed by atoms with Gasteiger partial charge in [-0.25, -0.2) is 13.1 Å². The van der Waals surface area contributed by atoms with Gasteiger partial charge in [-0.05, 0) is 43.0 Å². The maximum atomic E-state index is 12.8. The second-order valence-electron chi connectivity index (χ2n) is 5.67. The number of hydrogen-bond acceptors (Lipinski definition) is 4. The average molecular weight is 349 g/mol. The molecule has 22 heavy (non-hydrogen) atoms. The fourth-order valence-electron chi connectivity index (χ4n) is 2.84. The van der Waals surface area contributed by atoms with E-state index >= 15 is 0 Å². The Labute approximate surface area is 131 Å². The van der Waals surface area contributed by atoms with E-state index in [-0.39, 0.29) is 10.9 Å². The third kappa shape index (κ3) is 4.27. The molecule has 0 saturated heterocycles. The van der Waals surface area contributed by atoms with Gasteiger partial charge in [-0.15, -0.1) is 3.89 Å². The van der Waals surface area contributed by atoms with Gasteiger partial charge in [0.05, 0.1) is 9.79 Å². The molecule has 8 heteroatoms. The highest BCUT2D eigenvalue weighted by molar-refractivity contribution is 7.89. The van der Waals surface area contributed by atoms with Crippen molar-refractivity contribution in [3.8, 4) is 0 Å². The lowest BCUT2D eigenvalue weighted by molar-refractivity contribution is 0.301. The lowest BCUT2D eigenvalue weighted by atomic mass is 9.85. The van der Waals surface area contributed by atoms with Crippen molar-refractivity contribution in [3.63, 3.8) is 0 Å². The molecule has 0 bridgehead atoms. The zero-order valence-electron chi connectivity index (χ0n) is 12.3. The van der Waals surface area contributed by atoms with E-state index < -0.39 is 25.1 Å². The topological polar surface area (TPSA) is 80.3 Å². The molecule has 2 atom stereocenters. The molecule has 0 amide bonds. The van der Waals surface area contributed by atoms with Crippen molar-refractivity contribution < 1.29 is 20.7 Å². The van der Waals surface area contributed by atoms with Gasteiger partial charge in [-0.3, -0.25) is 0 Å². The Bertz CT molecular complexity index is 714. The average Bonchev–Trinajstić information content (AvgIpc) is 2.46. The predicted molar refractivity (Wildman–Crippen MR) is 81.1 cm³/mol. The van der Waals surface area contributed by atoms with E-state index in [1.807, 2.05) is 0 Å². The summed E-state index contributed by atoms with van der Waals surface area (Å²) in [6, 6.07) is 4.02. The minimum absolute atomic E-state index is 0.0569. The van der Waals surface area contributed by atoms with Crippen molar-refractivity contribution in [2.45, 2.75) is 54.9 Å². The number of rotatable bonds is 5. The Morgan fingerprint density at radius 2 is 1.68 bits per heavy atom. The molecule has 124 valence electrons. The second-order valence-corrected chi connectivity index (χ2v) is 8.73. The molecule has 1 aromatic rings. The van der Waals surface area contributed by atoms with Crippen LogP contribution < -0.4 is 4.72 Å². The van der Waals surface area contributed by atoms with Crippen molar-refractivity contribution in [3.05, 3.63) is 24.3 Å². The predicted octanol–water partition coefficient (Wildman–Crippen LogP) is 2.59. The Morgan fingerprint density at radius 1 is 1.09 bits per heavy atom. The first kappa shape index (κ1) is 17.4. The summed E-state index contributed by atoms with van der Waals surface area (Å²) in [6.07, 6.45) is 4.75. The second kappa shape index (κ2) is 6.64. The van der Waals surface area contributed by atoms with Crippen LogP contribution in [0, 0.1) is 5.92 Å². The van der Waals surface area contributed by atoms with Gasteiger partial charge in [0, 0.05) is 6.04 Å². The third-order valence-electron chi connectivity index (χ3n) is 4.10. The van der Waals surface area contributed by atoms with E-state index in [4.69, 9.17) is 0 Å². The summed E-state index contributed by atoms with van der Waals surface area (Å²) >= 11 is 0. The highest BCUT2D eigenvalue weighted by Crippen LogP contribution is 2.27. The summed E-state index contributed by atoms with van der Waals surface area (Å²) in [6.45, 7) is 2.09. The number of sulfonamides is 1. The van der Waals surface area contributed by atoms with Gasteiger partial charge in [0.25, 0.3) is 0 Å². The van der Waals surface area contributed by atoms with Crippen LogP contribution in [0.15, 0.2) is 34.1 Å². The summed E-state index contributed by atoms with van der Waals surface area (Å²) < 4.78 is 61.6. The van der Waals surface area contributed by atoms with Gasteiger partial charge in [0.2, 0.25) is 10.0 Å². The molecule has 1 N–H and O–H groups in total. The molecule has 1 aliphatic rings. The van der Waals surface area contributed by atoms with Crippen LogP contribution in [-0.4, -0.2) is 22.9 Å². The van der Waals surface area contributed by atoms with Crippen LogP contribution in [0.1, 0.15) is 39.0 Å². The summed E-state index contributed by atoms with van der Waals surface area (Å²) in [5, 5.41) is 0. The van der Waals surface area contributed by atoms with Crippen molar-refractivity contribution in [1.29, 1.82) is 0 Å². The molecular formula is C14H20FNO4S2. The normalized spacial score (nSPS) is 23.4. The van der Waals surface area contributed by atoms with Crippen LogP contribution in [0.4, 0.5) is 3.89 Å². The van der Waals surface area contributed by atoms with Gasteiger partial charge >= 0.3 is 10.2 Å². The van der Waals surface area contributed by atoms with Crippen LogP contribution >= 0.6 is 0 Å². The van der Waals surface area contributed by atoms with E-state index in [0.29, 0.717) is 5.92 Å². The number of halogens is 1. The first-order valence-corrected chi connectivity index (χ1v) is 10.2. The van der Waals surface area contributed by atoms with Crippen molar-refractivity contribution in [1.82, 2.24) is 4.72 Å². The molecule has 1 saturated carbocycles. The van der Waals surface area contributed by atoms with Crippen LogP contribution in [-0.2, 0) is 20.2 Å². The van der Waals surface area contributed by atoms with Gasteiger partial charge in [-0.1, -0.05) is 26.2 Å². The van der Waals surface area contributed by atoms with Crippen LogP contribution in [0.2, 0.25) is 0 Å². The van der Waals surface area contributed by atoms with Gasteiger partial charge in [0.15, 0.2) is 0 Å². The molecule has 0 aliphatic heterocycles. The van der Waals surface area contributed by atoms with Crippen molar-refractivity contribution >= 4 is 20.2 Å². The van der Waals surface area contributed by atoms with E-state index in [9.17, 15) is 20.7 Å². The lowest BCUT2D eigenvalue weighted by Gasteiger charge is -2.28. The first-order chi connectivity index (χ1) is 10.2. The van der Waals surface area contributed by atoms with Gasteiger partial charge in [-0.2, -0.15) is 8.42 Å². The zero-order valence-corrected chi connectivity index (χ0v) is 14.0. The van der Waals surface area contributed by atoms with E-state index in [1.165, 1.54) is 0 Å². The molecule has 2 rings (SSSR count). The summed E-state index contributed by atoms with van der Waals surface area (Å²) in [4.78, 5) is -0.603. The molecule has 0 heterocycles. The molecule has 0 aromatic heterocycles. The van der Waals surface area contributed by atoms with Crippen LogP contribution in [0.3, 0.4) is 0 Å². The maximum Gasteiger partial charge on any atom is 0.332 e. The smallest absolute Gasteiger partial charge is 0.208 e. The fraction of sp³-hybridized carbons (Fsp3) is 0.571. The molecule has 1 aliphatic carbocycles. The molecule has 0 radical (unpaired) electrons. The molecule has 1 aromatic carbocycles. The monoisotopic (exact) mass is 349 g/mol. The fourth-order valence-corrected chi connectivity index (χ4v) is 4.58. The highest BCUT2D eigenvalue weighted by Gasteiger charge is 2.26. The summed E-state index contributed by atoms with van der Waals surface area (Å²) in [5.74, 6) is 0.528. The third-order valence-corrected chi connectivity index (χ3v) is 6.47. The van der Waals surface area contributed by atoms with Gasteiger partial charge < -0.3 is 0 Å². The van der Waals surface area contributed by atoms with Crippen LogP contribution in [0.25, 0.3) is 0 Å². The van der Waals surface area contributed by atoms with E-state index in [0.717, 1.165) is 56.4 Å². The summed E-state index contributed by atoms with van der Waals surface area (Å²) in [7, 11) is -8.54. The Morgan fingerprint density at radius 3 is 2.23 bits per heavy atom. The molecule has 5 nitrogen and oxygen atoms in total. The quantitative estimate of drug-likeness (QED) is 0.829. The maximum absolute atomic E-state index is 12.8. The Kier molecular flexibility index (Phi) is 5.24.